The lowest BCUT2D eigenvalue weighted by Gasteiger charge is -2.40. The predicted octanol–water partition coefficient (Wildman–Crippen LogP) is 4.04. The van der Waals surface area contributed by atoms with Crippen LogP contribution in [0, 0.1) is 5.92 Å². The number of likely N-dealkylation sites (tertiary alicyclic amines) is 1. The zero-order valence-corrected chi connectivity index (χ0v) is 20.8. The van der Waals surface area contributed by atoms with Gasteiger partial charge >= 0.3 is 0 Å². The first-order chi connectivity index (χ1) is 16.4. The van der Waals surface area contributed by atoms with Gasteiger partial charge in [0.15, 0.2) is 0 Å². The number of anilines is 1. The monoisotopic (exact) mass is 504 g/mol. The van der Waals surface area contributed by atoms with Crippen LogP contribution in [0.15, 0.2) is 42.6 Å². The number of carbonyl (C=O) groups is 2. The molecule has 2 aromatic rings. The lowest BCUT2D eigenvalue weighted by atomic mass is 9.87. The van der Waals surface area contributed by atoms with Crippen molar-refractivity contribution in [2.24, 2.45) is 5.92 Å². The van der Waals surface area contributed by atoms with Gasteiger partial charge < -0.3 is 19.9 Å². The van der Waals surface area contributed by atoms with Gasteiger partial charge in [-0.05, 0) is 55.5 Å². The van der Waals surface area contributed by atoms with Gasteiger partial charge in [-0.15, -0.1) is 0 Å². The minimum absolute atomic E-state index is 0.0272. The SMILES string of the molecule is COC1CCN(C(=O)CC2CCN(c3ccc(Cl)cn3)CC2NC(=O)c2cccc(Cl)c2)CC1. The fourth-order valence-corrected chi connectivity index (χ4v) is 5.05. The highest BCUT2D eigenvalue weighted by atomic mass is 35.5. The van der Waals surface area contributed by atoms with E-state index < -0.39 is 0 Å². The number of hydrogen-bond donors (Lipinski definition) is 1. The Morgan fingerprint density at radius 3 is 2.56 bits per heavy atom. The molecule has 1 aromatic heterocycles. The maximum atomic E-state index is 13.1. The number of amides is 2. The molecular formula is C25H30Cl2N4O3. The number of rotatable bonds is 6. The average Bonchev–Trinajstić information content (AvgIpc) is 2.85. The summed E-state index contributed by atoms with van der Waals surface area (Å²) in [6.07, 6.45) is 4.74. The molecule has 2 aliphatic rings. The Hall–Kier alpha value is -2.35. The van der Waals surface area contributed by atoms with Crippen LogP contribution >= 0.6 is 23.2 Å². The molecule has 0 aliphatic carbocycles. The Labute approximate surface area is 210 Å². The fraction of sp³-hybridized carbons (Fsp3) is 0.480. The van der Waals surface area contributed by atoms with Gasteiger partial charge in [0, 0.05) is 56.5 Å². The summed E-state index contributed by atoms with van der Waals surface area (Å²) in [5.74, 6) is 0.772. The summed E-state index contributed by atoms with van der Waals surface area (Å²) in [4.78, 5) is 34.6. The summed E-state index contributed by atoms with van der Waals surface area (Å²) in [6, 6.07) is 10.4. The number of methoxy groups -OCH3 is 1. The number of nitrogens with zero attached hydrogens (tertiary/aromatic N) is 3. The smallest absolute Gasteiger partial charge is 0.251 e. The van der Waals surface area contributed by atoms with Crippen LogP contribution in [-0.2, 0) is 9.53 Å². The van der Waals surface area contributed by atoms with Gasteiger partial charge in [-0.3, -0.25) is 9.59 Å². The lowest BCUT2D eigenvalue weighted by molar-refractivity contribution is -0.134. The van der Waals surface area contributed by atoms with Gasteiger partial charge in [-0.2, -0.15) is 0 Å². The first-order valence-corrected chi connectivity index (χ1v) is 12.4. The van der Waals surface area contributed by atoms with Crippen LogP contribution in [0.1, 0.15) is 36.0 Å². The van der Waals surface area contributed by atoms with Crippen LogP contribution in [-0.4, -0.2) is 67.1 Å². The van der Waals surface area contributed by atoms with Crippen molar-refractivity contribution in [3.05, 3.63) is 58.2 Å². The van der Waals surface area contributed by atoms with Crippen LogP contribution < -0.4 is 10.2 Å². The molecule has 1 aromatic carbocycles. The highest BCUT2D eigenvalue weighted by Gasteiger charge is 2.34. The molecule has 2 fully saturated rings. The van der Waals surface area contributed by atoms with Crippen molar-refractivity contribution in [2.45, 2.75) is 37.8 Å². The number of piperidine rings is 2. The van der Waals surface area contributed by atoms with Crippen molar-refractivity contribution >= 4 is 40.8 Å². The third-order valence-corrected chi connectivity index (χ3v) is 7.22. The van der Waals surface area contributed by atoms with Crippen molar-refractivity contribution in [3.8, 4) is 0 Å². The van der Waals surface area contributed by atoms with E-state index in [-0.39, 0.29) is 29.9 Å². The molecule has 2 saturated heterocycles. The molecule has 2 amide bonds. The summed E-state index contributed by atoms with van der Waals surface area (Å²) in [7, 11) is 1.72. The second-order valence-electron chi connectivity index (χ2n) is 8.94. The predicted molar refractivity (Wildman–Crippen MR) is 134 cm³/mol. The highest BCUT2D eigenvalue weighted by Crippen LogP contribution is 2.27. The second-order valence-corrected chi connectivity index (χ2v) is 9.81. The van der Waals surface area contributed by atoms with E-state index in [4.69, 9.17) is 27.9 Å². The highest BCUT2D eigenvalue weighted by molar-refractivity contribution is 6.31. The number of ether oxygens (including phenoxy) is 1. The van der Waals surface area contributed by atoms with E-state index >= 15 is 0 Å². The molecule has 0 saturated carbocycles. The van der Waals surface area contributed by atoms with Gasteiger partial charge in [0.1, 0.15) is 5.82 Å². The minimum Gasteiger partial charge on any atom is -0.381 e. The van der Waals surface area contributed by atoms with Crippen LogP contribution in [0.25, 0.3) is 0 Å². The summed E-state index contributed by atoms with van der Waals surface area (Å²) >= 11 is 12.1. The van der Waals surface area contributed by atoms with Crippen LogP contribution in [0.5, 0.6) is 0 Å². The largest absolute Gasteiger partial charge is 0.381 e. The summed E-state index contributed by atoms with van der Waals surface area (Å²) < 4.78 is 5.43. The van der Waals surface area contributed by atoms with Gasteiger partial charge in [0.2, 0.25) is 5.91 Å². The molecule has 34 heavy (non-hydrogen) atoms. The molecule has 4 rings (SSSR count). The molecule has 0 bridgehead atoms. The summed E-state index contributed by atoms with van der Waals surface area (Å²) in [5.41, 5.74) is 0.501. The van der Waals surface area contributed by atoms with Crippen LogP contribution in [0.2, 0.25) is 10.0 Å². The van der Waals surface area contributed by atoms with Gasteiger partial charge in [0.25, 0.3) is 5.91 Å². The van der Waals surface area contributed by atoms with E-state index in [1.165, 1.54) is 0 Å². The topological polar surface area (TPSA) is 74.8 Å². The number of carbonyl (C=O) groups excluding carboxylic acids is 2. The first kappa shape index (κ1) is 24.8. The van der Waals surface area contributed by atoms with E-state index in [0.717, 1.165) is 31.6 Å². The third kappa shape index (κ3) is 6.20. The maximum Gasteiger partial charge on any atom is 0.251 e. The van der Waals surface area contributed by atoms with Crippen LogP contribution in [0.3, 0.4) is 0 Å². The quantitative estimate of drug-likeness (QED) is 0.642. The van der Waals surface area contributed by atoms with Crippen molar-refractivity contribution in [2.75, 3.05) is 38.2 Å². The number of aromatic nitrogens is 1. The van der Waals surface area contributed by atoms with E-state index in [1.54, 1.807) is 37.6 Å². The Kier molecular flexibility index (Phi) is 8.29. The van der Waals surface area contributed by atoms with Gasteiger partial charge in [-0.25, -0.2) is 4.98 Å². The van der Waals surface area contributed by atoms with E-state index in [1.807, 2.05) is 17.0 Å². The maximum absolute atomic E-state index is 13.1. The number of nitrogens with one attached hydrogen (secondary N) is 1. The molecule has 2 unspecified atom stereocenters. The molecule has 3 heterocycles. The van der Waals surface area contributed by atoms with Gasteiger partial charge in [0.05, 0.1) is 17.2 Å². The summed E-state index contributed by atoms with van der Waals surface area (Å²) in [5, 5.41) is 4.25. The Morgan fingerprint density at radius 1 is 1.09 bits per heavy atom. The van der Waals surface area contributed by atoms with Crippen molar-refractivity contribution in [3.63, 3.8) is 0 Å². The number of pyridine rings is 1. The molecule has 9 heteroatoms. The van der Waals surface area contributed by atoms with Gasteiger partial charge in [-0.1, -0.05) is 29.3 Å². The fourth-order valence-electron chi connectivity index (χ4n) is 4.75. The van der Waals surface area contributed by atoms with Crippen molar-refractivity contribution in [1.29, 1.82) is 0 Å². The van der Waals surface area contributed by atoms with Crippen molar-refractivity contribution < 1.29 is 14.3 Å². The normalized spacial score (nSPS) is 21.4. The molecular weight excluding hydrogens is 475 g/mol. The van der Waals surface area contributed by atoms with Crippen LogP contribution in [0.4, 0.5) is 5.82 Å². The molecule has 0 radical (unpaired) electrons. The molecule has 0 spiro atoms. The van der Waals surface area contributed by atoms with E-state index in [9.17, 15) is 9.59 Å². The Balaban J connectivity index is 1.46. The first-order valence-electron chi connectivity index (χ1n) is 11.7. The molecule has 2 atom stereocenters. The van der Waals surface area contributed by atoms with E-state index in [0.29, 0.717) is 41.7 Å². The molecule has 182 valence electrons. The molecule has 7 nitrogen and oxygen atoms in total. The standard InChI is InChI=1S/C25H30Cl2N4O3/c1-34-21-8-11-30(12-9-21)24(32)14-17-7-10-31(23-6-5-20(27)15-28-23)16-22(17)29-25(33)18-3-2-4-19(26)13-18/h2-6,13,15,17,21-22H,7-12,14,16H2,1H3,(H,29,33). The Morgan fingerprint density at radius 2 is 1.88 bits per heavy atom. The zero-order valence-electron chi connectivity index (χ0n) is 19.3. The average molecular weight is 505 g/mol. The Bertz CT molecular complexity index is 996. The minimum atomic E-state index is -0.210. The number of benzene rings is 1. The molecule has 1 N–H and O–H groups in total. The zero-order chi connectivity index (χ0) is 24.1. The summed E-state index contributed by atoms with van der Waals surface area (Å²) in [6.45, 7) is 2.74. The van der Waals surface area contributed by atoms with E-state index in [2.05, 4.69) is 15.2 Å². The molecule has 2 aliphatic heterocycles. The third-order valence-electron chi connectivity index (χ3n) is 6.76. The van der Waals surface area contributed by atoms with Crippen molar-refractivity contribution in [1.82, 2.24) is 15.2 Å². The number of halogens is 2. The number of hydrogen-bond acceptors (Lipinski definition) is 5. The second kappa shape index (κ2) is 11.4. The lowest BCUT2D eigenvalue weighted by Crippen LogP contribution is -2.54.